The van der Waals surface area contributed by atoms with E-state index in [1.54, 1.807) is 35.2 Å². The summed E-state index contributed by atoms with van der Waals surface area (Å²) in [5.74, 6) is 0. The van der Waals surface area contributed by atoms with Gasteiger partial charge in [-0.3, -0.25) is 0 Å². The van der Waals surface area contributed by atoms with E-state index in [1.165, 1.54) is 0 Å². The molecule has 1 saturated heterocycles. The number of nitrogens with one attached hydrogen (secondary N) is 2. The van der Waals surface area contributed by atoms with Gasteiger partial charge in [0, 0.05) is 24.8 Å². The fraction of sp³-hybridized carbons (Fsp3) is 0.235. The summed E-state index contributed by atoms with van der Waals surface area (Å²) in [6.45, 7) is 0.866. The molecule has 3 rings (SSSR count). The maximum Gasteiger partial charge on any atom is 0.321 e. The lowest BCUT2D eigenvalue weighted by molar-refractivity contribution is 0.222. The fourth-order valence-electron chi connectivity index (χ4n) is 2.65. The number of carbonyl (C=O) groups excluding carboxylic acids is 1. The maximum absolute atomic E-state index is 12.3. The molecule has 1 atom stereocenters. The average molecular weight is 345 g/mol. The SMILES string of the molecule is O=C(Nc1ccccc1)N1CCC(NS(=O)(=O)c2ccccc2)C1. The van der Waals surface area contributed by atoms with Crippen LogP contribution in [-0.4, -0.2) is 38.5 Å². The Labute approximate surface area is 141 Å². The smallest absolute Gasteiger partial charge is 0.321 e. The van der Waals surface area contributed by atoms with Crippen LogP contribution in [0.15, 0.2) is 65.6 Å². The van der Waals surface area contributed by atoms with Crippen molar-refractivity contribution < 1.29 is 13.2 Å². The van der Waals surface area contributed by atoms with Crippen LogP contribution in [0, 0.1) is 0 Å². The number of hydrogen-bond donors (Lipinski definition) is 2. The largest absolute Gasteiger partial charge is 0.323 e. The van der Waals surface area contributed by atoms with Gasteiger partial charge in [-0.05, 0) is 30.7 Å². The molecule has 0 aliphatic carbocycles. The molecule has 1 unspecified atom stereocenters. The van der Waals surface area contributed by atoms with Crippen LogP contribution < -0.4 is 10.0 Å². The third-order valence-corrected chi connectivity index (χ3v) is 5.41. The summed E-state index contributed by atoms with van der Waals surface area (Å²) in [5.41, 5.74) is 0.718. The van der Waals surface area contributed by atoms with Crippen molar-refractivity contribution in [2.24, 2.45) is 0 Å². The molecule has 2 amide bonds. The third-order valence-electron chi connectivity index (χ3n) is 3.88. The number of carbonyl (C=O) groups is 1. The van der Waals surface area contributed by atoms with Gasteiger partial charge in [0.05, 0.1) is 4.90 Å². The molecule has 24 heavy (non-hydrogen) atoms. The Kier molecular flexibility index (Phi) is 4.82. The lowest BCUT2D eigenvalue weighted by atomic mass is 10.3. The van der Waals surface area contributed by atoms with E-state index in [0.717, 1.165) is 5.69 Å². The van der Waals surface area contributed by atoms with Gasteiger partial charge in [-0.25, -0.2) is 17.9 Å². The number of urea groups is 1. The highest BCUT2D eigenvalue weighted by Crippen LogP contribution is 2.15. The van der Waals surface area contributed by atoms with Crippen LogP contribution in [0.4, 0.5) is 10.5 Å². The van der Waals surface area contributed by atoms with Gasteiger partial charge in [-0.15, -0.1) is 0 Å². The summed E-state index contributed by atoms with van der Waals surface area (Å²) in [5, 5.41) is 2.81. The van der Waals surface area contributed by atoms with Gasteiger partial charge in [0.25, 0.3) is 0 Å². The molecule has 2 aromatic carbocycles. The molecule has 7 heteroatoms. The first-order valence-electron chi connectivity index (χ1n) is 7.73. The van der Waals surface area contributed by atoms with Crippen molar-refractivity contribution in [1.29, 1.82) is 0 Å². The zero-order valence-corrected chi connectivity index (χ0v) is 13.9. The highest BCUT2D eigenvalue weighted by molar-refractivity contribution is 7.89. The first-order valence-corrected chi connectivity index (χ1v) is 9.21. The number of likely N-dealkylation sites (tertiary alicyclic amines) is 1. The minimum atomic E-state index is -3.56. The van der Waals surface area contributed by atoms with Crippen molar-refractivity contribution in [2.45, 2.75) is 17.4 Å². The summed E-state index contributed by atoms with van der Waals surface area (Å²) in [7, 11) is -3.56. The summed E-state index contributed by atoms with van der Waals surface area (Å²) >= 11 is 0. The molecule has 0 radical (unpaired) electrons. The molecular weight excluding hydrogens is 326 g/mol. The van der Waals surface area contributed by atoms with Gasteiger partial charge in [0.1, 0.15) is 0 Å². The van der Waals surface area contributed by atoms with E-state index in [0.29, 0.717) is 19.5 Å². The van der Waals surface area contributed by atoms with Crippen molar-refractivity contribution in [3.8, 4) is 0 Å². The Morgan fingerprint density at radius 3 is 2.29 bits per heavy atom. The second-order valence-electron chi connectivity index (χ2n) is 5.66. The minimum Gasteiger partial charge on any atom is -0.323 e. The highest BCUT2D eigenvalue weighted by Gasteiger charge is 2.29. The molecule has 2 aromatic rings. The van der Waals surface area contributed by atoms with Crippen LogP contribution in [0.1, 0.15) is 6.42 Å². The van der Waals surface area contributed by atoms with E-state index in [2.05, 4.69) is 10.0 Å². The molecule has 126 valence electrons. The number of anilines is 1. The van der Waals surface area contributed by atoms with E-state index in [9.17, 15) is 13.2 Å². The van der Waals surface area contributed by atoms with E-state index in [4.69, 9.17) is 0 Å². The van der Waals surface area contributed by atoms with Gasteiger partial charge in [0.2, 0.25) is 10.0 Å². The quantitative estimate of drug-likeness (QED) is 0.892. The van der Waals surface area contributed by atoms with E-state index < -0.39 is 10.0 Å². The van der Waals surface area contributed by atoms with Crippen LogP contribution in [-0.2, 0) is 10.0 Å². The second kappa shape index (κ2) is 7.02. The highest BCUT2D eigenvalue weighted by atomic mass is 32.2. The number of rotatable bonds is 4. The van der Waals surface area contributed by atoms with Crippen LogP contribution in [0.25, 0.3) is 0 Å². The molecule has 6 nitrogen and oxygen atoms in total. The zero-order chi connectivity index (χ0) is 17.0. The van der Waals surface area contributed by atoms with Crippen LogP contribution >= 0.6 is 0 Å². The van der Waals surface area contributed by atoms with Crippen molar-refractivity contribution in [3.63, 3.8) is 0 Å². The summed E-state index contributed by atoms with van der Waals surface area (Å²) in [6, 6.07) is 16.9. The second-order valence-corrected chi connectivity index (χ2v) is 7.38. The zero-order valence-electron chi connectivity index (χ0n) is 13.1. The lowest BCUT2D eigenvalue weighted by Gasteiger charge is -2.18. The first-order chi connectivity index (χ1) is 11.5. The van der Waals surface area contributed by atoms with E-state index in [-0.39, 0.29) is 17.0 Å². The van der Waals surface area contributed by atoms with Crippen molar-refractivity contribution in [2.75, 3.05) is 18.4 Å². The Morgan fingerprint density at radius 2 is 1.62 bits per heavy atom. The topological polar surface area (TPSA) is 78.5 Å². The molecule has 1 aliphatic heterocycles. The number of benzene rings is 2. The first kappa shape index (κ1) is 16.5. The predicted octanol–water partition coefficient (Wildman–Crippen LogP) is 2.27. The van der Waals surface area contributed by atoms with E-state index >= 15 is 0 Å². The molecule has 1 aliphatic rings. The summed E-state index contributed by atoms with van der Waals surface area (Å²) in [6.07, 6.45) is 0.592. The van der Waals surface area contributed by atoms with Gasteiger partial charge < -0.3 is 10.2 Å². The van der Waals surface area contributed by atoms with E-state index in [1.807, 2.05) is 30.3 Å². The summed E-state index contributed by atoms with van der Waals surface area (Å²) < 4.78 is 27.3. The molecule has 0 saturated carbocycles. The fourth-order valence-corrected chi connectivity index (χ4v) is 3.93. The molecule has 1 fully saturated rings. The van der Waals surface area contributed by atoms with Crippen molar-refractivity contribution in [3.05, 3.63) is 60.7 Å². The maximum atomic E-state index is 12.3. The third kappa shape index (κ3) is 3.93. The van der Waals surface area contributed by atoms with Crippen LogP contribution in [0.2, 0.25) is 0 Å². The number of para-hydroxylation sites is 1. The van der Waals surface area contributed by atoms with Gasteiger partial charge >= 0.3 is 6.03 Å². The lowest BCUT2D eigenvalue weighted by Crippen LogP contribution is -2.39. The molecule has 0 spiro atoms. The molecule has 1 heterocycles. The Balaban J connectivity index is 1.58. The van der Waals surface area contributed by atoms with Gasteiger partial charge in [-0.1, -0.05) is 36.4 Å². The average Bonchev–Trinajstić information content (AvgIpc) is 3.04. The molecule has 2 N–H and O–H groups in total. The normalized spacial score (nSPS) is 17.7. The number of nitrogens with zero attached hydrogens (tertiary/aromatic N) is 1. The van der Waals surface area contributed by atoms with Crippen LogP contribution in [0.5, 0.6) is 0 Å². The van der Waals surface area contributed by atoms with Gasteiger partial charge in [0.15, 0.2) is 0 Å². The van der Waals surface area contributed by atoms with Crippen molar-refractivity contribution >= 4 is 21.7 Å². The van der Waals surface area contributed by atoms with Gasteiger partial charge in [-0.2, -0.15) is 0 Å². The Bertz CT molecular complexity index is 794. The summed E-state index contributed by atoms with van der Waals surface area (Å²) in [4.78, 5) is 14.1. The minimum absolute atomic E-state index is 0.220. The standard InChI is InChI=1S/C17H19N3O3S/c21-17(18-14-7-3-1-4-8-14)20-12-11-15(13-20)19-24(22,23)16-9-5-2-6-10-16/h1-10,15,19H,11-13H2,(H,18,21). The number of sulfonamides is 1. The molecule has 0 aromatic heterocycles. The molecule has 0 bridgehead atoms. The van der Waals surface area contributed by atoms with Crippen LogP contribution in [0.3, 0.4) is 0 Å². The number of hydrogen-bond acceptors (Lipinski definition) is 3. The Hall–Kier alpha value is -2.38. The Morgan fingerprint density at radius 1 is 1.00 bits per heavy atom. The predicted molar refractivity (Wildman–Crippen MR) is 92.2 cm³/mol. The van der Waals surface area contributed by atoms with Crippen molar-refractivity contribution in [1.82, 2.24) is 9.62 Å². The number of amides is 2. The monoisotopic (exact) mass is 345 g/mol. The molecular formula is C17H19N3O3S.